The van der Waals surface area contributed by atoms with Crippen molar-refractivity contribution >= 4 is 33.1 Å². The molecular formula is C19H17ClF2N2O2S. The zero-order chi connectivity index (χ0) is 18.4. The van der Waals surface area contributed by atoms with Gasteiger partial charge in [-0.05, 0) is 23.8 Å². The van der Waals surface area contributed by atoms with Gasteiger partial charge in [-0.1, -0.05) is 36.4 Å². The minimum atomic E-state index is -3.65. The van der Waals surface area contributed by atoms with E-state index in [9.17, 15) is 17.2 Å². The number of para-hydroxylation sites is 1. The van der Waals surface area contributed by atoms with Crippen LogP contribution in [-0.4, -0.2) is 37.3 Å². The summed E-state index contributed by atoms with van der Waals surface area (Å²) in [5.41, 5.74) is 1.44. The summed E-state index contributed by atoms with van der Waals surface area (Å²) in [4.78, 5) is 6.29. The molecule has 0 radical (unpaired) electrons. The Kier molecular flexibility index (Phi) is 5.20. The Morgan fingerprint density at radius 1 is 1.00 bits per heavy atom. The van der Waals surface area contributed by atoms with Gasteiger partial charge in [0.1, 0.15) is 0 Å². The first-order valence-corrected chi connectivity index (χ1v) is 9.61. The molecule has 4 rings (SSSR count). The molecule has 8 heteroatoms. The van der Waals surface area contributed by atoms with E-state index in [0.29, 0.717) is 17.4 Å². The van der Waals surface area contributed by atoms with Crippen LogP contribution < -0.4 is 0 Å². The van der Waals surface area contributed by atoms with E-state index in [1.54, 1.807) is 53.4 Å². The predicted molar refractivity (Wildman–Crippen MR) is 101 cm³/mol. The second-order valence-electron chi connectivity index (χ2n) is 6.48. The fourth-order valence-corrected chi connectivity index (χ4v) is 4.44. The normalized spacial score (nSPS) is 16.5. The van der Waals surface area contributed by atoms with E-state index in [2.05, 4.69) is 4.98 Å². The predicted octanol–water partition coefficient (Wildman–Crippen LogP) is 3.94. The van der Waals surface area contributed by atoms with Gasteiger partial charge in [-0.15, -0.1) is 12.4 Å². The van der Waals surface area contributed by atoms with Crippen LogP contribution in [0.2, 0.25) is 0 Å². The van der Waals surface area contributed by atoms with Gasteiger partial charge in [-0.3, -0.25) is 9.88 Å². The largest absolute Gasteiger partial charge is 0.287 e. The summed E-state index contributed by atoms with van der Waals surface area (Å²) >= 11 is 0. The van der Waals surface area contributed by atoms with Crippen molar-refractivity contribution in [1.29, 1.82) is 0 Å². The van der Waals surface area contributed by atoms with E-state index in [4.69, 9.17) is 0 Å². The van der Waals surface area contributed by atoms with Gasteiger partial charge in [-0.2, -0.15) is 0 Å². The molecule has 142 valence electrons. The number of fused-ring (bicyclic) bond motifs is 1. The van der Waals surface area contributed by atoms with E-state index in [1.807, 2.05) is 6.07 Å². The van der Waals surface area contributed by atoms with Crippen molar-refractivity contribution in [2.75, 3.05) is 13.1 Å². The van der Waals surface area contributed by atoms with Crippen molar-refractivity contribution < 1.29 is 17.2 Å². The summed E-state index contributed by atoms with van der Waals surface area (Å²) in [7, 11) is -3.65. The van der Waals surface area contributed by atoms with Crippen molar-refractivity contribution in [3.05, 3.63) is 66.4 Å². The van der Waals surface area contributed by atoms with E-state index < -0.39 is 15.8 Å². The number of hydrogen-bond donors (Lipinski definition) is 0. The van der Waals surface area contributed by atoms with Crippen LogP contribution in [0.25, 0.3) is 10.9 Å². The molecule has 0 N–H and O–H groups in total. The Bertz CT molecular complexity index is 1070. The second-order valence-corrected chi connectivity index (χ2v) is 8.43. The molecule has 1 aliphatic heterocycles. The first-order valence-electron chi connectivity index (χ1n) is 8.13. The molecule has 0 atom stereocenters. The van der Waals surface area contributed by atoms with E-state index in [-0.39, 0.29) is 35.3 Å². The number of likely N-dealkylation sites (tertiary alicyclic amines) is 1. The average molecular weight is 411 g/mol. The number of benzene rings is 2. The first-order chi connectivity index (χ1) is 12.4. The Morgan fingerprint density at radius 2 is 1.70 bits per heavy atom. The molecule has 1 aliphatic rings. The molecule has 1 saturated heterocycles. The molecule has 3 aromatic rings. The van der Waals surface area contributed by atoms with Crippen molar-refractivity contribution in [2.24, 2.45) is 0 Å². The van der Waals surface area contributed by atoms with E-state index in [1.165, 1.54) is 6.20 Å². The third-order valence-corrected chi connectivity index (χ3v) is 6.17. The second kappa shape index (κ2) is 7.14. The average Bonchev–Trinajstić information content (AvgIpc) is 2.61. The summed E-state index contributed by atoms with van der Waals surface area (Å²) in [6.45, 7) is -0.154. The van der Waals surface area contributed by atoms with Gasteiger partial charge in [0.05, 0.1) is 28.4 Å². The molecule has 27 heavy (non-hydrogen) atoms. The summed E-state index contributed by atoms with van der Waals surface area (Å²) in [5.74, 6) is -2.62. The highest BCUT2D eigenvalue weighted by Crippen LogP contribution is 2.30. The summed E-state index contributed by atoms with van der Waals surface area (Å²) in [5, 5.41) is 0.673. The van der Waals surface area contributed by atoms with Crippen molar-refractivity contribution in [3.63, 3.8) is 0 Å². The highest BCUT2D eigenvalue weighted by molar-refractivity contribution is 7.91. The maximum Gasteiger partial charge on any atom is 0.272 e. The molecule has 0 amide bonds. The van der Waals surface area contributed by atoms with Crippen LogP contribution in [0.15, 0.2) is 70.6 Å². The number of halogens is 3. The number of rotatable bonds is 4. The smallest absolute Gasteiger partial charge is 0.272 e. The first kappa shape index (κ1) is 19.7. The molecule has 0 saturated carbocycles. The van der Waals surface area contributed by atoms with Crippen LogP contribution in [-0.2, 0) is 16.4 Å². The Morgan fingerprint density at radius 3 is 2.37 bits per heavy atom. The molecule has 0 unspecified atom stereocenters. The Labute approximate surface area is 162 Å². The maximum atomic E-state index is 13.0. The number of pyridine rings is 1. The minimum absolute atomic E-state index is 0. The molecule has 0 bridgehead atoms. The molecule has 1 aromatic heterocycles. The fourth-order valence-electron chi connectivity index (χ4n) is 3.17. The molecule has 0 aliphatic carbocycles. The zero-order valence-electron chi connectivity index (χ0n) is 14.2. The van der Waals surface area contributed by atoms with E-state index in [0.717, 1.165) is 5.56 Å². The number of sulfone groups is 1. The van der Waals surface area contributed by atoms with Gasteiger partial charge in [0.25, 0.3) is 5.92 Å². The van der Waals surface area contributed by atoms with Crippen LogP contribution in [0.3, 0.4) is 0 Å². The number of aromatic nitrogens is 1. The molecule has 2 aromatic carbocycles. The number of nitrogens with zero attached hydrogens (tertiary/aromatic N) is 2. The summed E-state index contributed by atoms with van der Waals surface area (Å²) in [6, 6.07) is 15.2. The molecule has 0 spiro atoms. The van der Waals surface area contributed by atoms with Gasteiger partial charge < -0.3 is 0 Å². The Hall–Kier alpha value is -2.09. The van der Waals surface area contributed by atoms with Crippen molar-refractivity contribution in [2.45, 2.75) is 22.3 Å². The fraction of sp³-hybridized carbons (Fsp3) is 0.211. The van der Waals surface area contributed by atoms with Crippen LogP contribution in [0.4, 0.5) is 8.78 Å². The lowest BCUT2D eigenvalue weighted by molar-refractivity contribution is -0.133. The third-order valence-electron chi connectivity index (χ3n) is 4.44. The van der Waals surface area contributed by atoms with Gasteiger partial charge in [0.15, 0.2) is 0 Å². The topological polar surface area (TPSA) is 50.3 Å². The van der Waals surface area contributed by atoms with Gasteiger partial charge in [0, 0.05) is 18.1 Å². The van der Waals surface area contributed by atoms with Gasteiger partial charge in [0.2, 0.25) is 9.84 Å². The lowest BCUT2D eigenvalue weighted by Crippen LogP contribution is -2.55. The van der Waals surface area contributed by atoms with Crippen LogP contribution in [0, 0.1) is 0 Å². The maximum absolute atomic E-state index is 13.0. The van der Waals surface area contributed by atoms with Crippen LogP contribution in [0.5, 0.6) is 0 Å². The molecule has 4 nitrogen and oxygen atoms in total. The minimum Gasteiger partial charge on any atom is -0.287 e. The summed E-state index contributed by atoms with van der Waals surface area (Å²) < 4.78 is 51.5. The van der Waals surface area contributed by atoms with Crippen LogP contribution in [0.1, 0.15) is 5.56 Å². The monoisotopic (exact) mass is 410 g/mol. The lowest BCUT2D eigenvalue weighted by Gasteiger charge is -2.38. The third kappa shape index (κ3) is 3.81. The SMILES string of the molecule is Cl.O=S(=O)(c1ccccc1)c1cnc2c(CN3CC(F)(F)C3)cccc2c1. The number of hydrogen-bond acceptors (Lipinski definition) is 4. The van der Waals surface area contributed by atoms with Crippen LogP contribution >= 0.6 is 12.4 Å². The van der Waals surface area contributed by atoms with Gasteiger partial charge in [-0.25, -0.2) is 17.2 Å². The van der Waals surface area contributed by atoms with Crippen molar-refractivity contribution in [1.82, 2.24) is 9.88 Å². The standard InChI is InChI=1S/C19H16F2N2O2S.ClH/c20-19(21)12-23(13-19)11-15-6-4-5-14-9-17(10-22-18(14)15)26(24,25)16-7-2-1-3-8-16;/h1-10H,11-13H2;1H. The molecular weight excluding hydrogens is 394 g/mol. The highest BCUT2D eigenvalue weighted by atomic mass is 35.5. The highest BCUT2D eigenvalue weighted by Gasteiger charge is 2.43. The number of alkyl halides is 2. The van der Waals surface area contributed by atoms with E-state index >= 15 is 0 Å². The van der Waals surface area contributed by atoms with Crippen molar-refractivity contribution in [3.8, 4) is 0 Å². The zero-order valence-corrected chi connectivity index (χ0v) is 15.8. The lowest BCUT2D eigenvalue weighted by atomic mass is 10.1. The Balaban J connectivity index is 0.00000210. The quantitative estimate of drug-likeness (QED) is 0.653. The molecule has 1 fully saturated rings. The molecule has 2 heterocycles. The van der Waals surface area contributed by atoms with Gasteiger partial charge >= 0.3 is 0 Å². The summed E-state index contributed by atoms with van der Waals surface area (Å²) in [6.07, 6.45) is 1.33.